The molecule has 0 aliphatic carbocycles. The maximum atomic E-state index is 10.1. The third kappa shape index (κ3) is 5.89. The lowest BCUT2D eigenvalue weighted by Gasteiger charge is -2.01. The normalized spacial score (nSPS) is 12.6. The molecule has 0 heterocycles. The van der Waals surface area contributed by atoms with Crippen molar-refractivity contribution in [2.24, 2.45) is 0 Å². The smallest absolute Gasteiger partial charge is 0.132 e. The summed E-state index contributed by atoms with van der Waals surface area (Å²) in [4.78, 5) is 10.1. The average molecular weight is 158 g/mol. The van der Waals surface area contributed by atoms with Crippen molar-refractivity contribution in [1.29, 1.82) is 0 Å². The standard InChI is InChI=1S/C8H14OS/c1-7(2)4-3-5-8(10)6-9/h6,8,10H,1,3-5H2,2H3. The number of allylic oxidation sites excluding steroid dienone is 1. The molecule has 0 aliphatic heterocycles. The Balaban J connectivity index is 3.19. The van der Waals surface area contributed by atoms with Gasteiger partial charge in [-0.1, -0.05) is 5.57 Å². The maximum Gasteiger partial charge on any atom is 0.132 e. The highest BCUT2D eigenvalue weighted by Gasteiger charge is 1.98. The van der Waals surface area contributed by atoms with Gasteiger partial charge < -0.3 is 4.79 Å². The fourth-order valence-corrected chi connectivity index (χ4v) is 0.864. The Hall–Kier alpha value is -0.240. The number of aldehydes is 1. The summed E-state index contributed by atoms with van der Waals surface area (Å²) in [6, 6.07) is 0. The monoisotopic (exact) mass is 158 g/mol. The first kappa shape index (κ1) is 9.76. The molecule has 0 N–H and O–H groups in total. The number of hydrogen-bond acceptors (Lipinski definition) is 2. The summed E-state index contributed by atoms with van der Waals surface area (Å²) >= 11 is 4.03. The third-order valence-corrected chi connectivity index (χ3v) is 1.64. The van der Waals surface area contributed by atoms with Crippen LogP contribution in [0.3, 0.4) is 0 Å². The van der Waals surface area contributed by atoms with Crippen molar-refractivity contribution in [3.05, 3.63) is 12.2 Å². The molecule has 10 heavy (non-hydrogen) atoms. The van der Waals surface area contributed by atoms with E-state index >= 15 is 0 Å². The van der Waals surface area contributed by atoms with E-state index < -0.39 is 0 Å². The van der Waals surface area contributed by atoms with Gasteiger partial charge in [-0.05, 0) is 26.2 Å². The van der Waals surface area contributed by atoms with Crippen molar-refractivity contribution in [1.82, 2.24) is 0 Å². The molecule has 0 aromatic rings. The first-order valence-corrected chi connectivity index (χ1v) is 3.96. The Labute approximate surface area is 67.9 Å². The van der Waals surface area contributed by atoms with Crippen LogP contribution in [0.5, 0.6) is 0 Å². The van der Waals surface area contributed by atoms with Crippen LogP contribution in [0.25, 0.3) is 0 Å². The van der Waals surface area contributed by atoms with E-state index in [1.807, 2.05) is 6.92 Å². The van der Waals surface area contributed by atoms with E-state index in [0.717, 1.165) is 25.5 Å². The van der Waals surface area contributed by atoms with E-state index in [1.165, 1.54) is 5.57 Å². The van der Waals surface area contributed by atoms with Gasteiger partial charge in [-0.3, -0.25) is 0 Å². The second-order valence-corrected chi connectivity index (χ2v) is 3.22. The molecule has 2 heteroatoms. The van der Waals surface area contributed by atoms with Crippen molar-refractivity contribution in [3.8, 4) is 0 Å². The minimum absolute atomic E-state index is 0.0839. The van der Waals surface area contributed by atoms with Gasteiger partial charge in [0.25, 0.3) is 0 Å². The predicted molar refractivity (Wildman–Crippen MR) is 47.5 cm³/mol. The lowest BCUT2D eigenvalue weighted by molar-refractivity contribution is -0.107. The summed E-state index contributed by atoms with van der Waals surface area (Å²) in [7, 11) is 0. The maximum absolute atomic E-state index is 10.1. The van der Waals surface area contributed by atoms with Crippen molar-refractivity contribution >= 4 is 18.9 Å². The molecule has 0 saturated carbocycles. The summed E-state index contributed by atoms with van der Waals surface area (Å²) in [5.74, 6) is 0. The predicted octanol–water partition coefficient (Wildman–Crippen LogP) is 2.23. The van der Waals surface area contributed by atoms with Gasteiger partial charge in [-0.25, -0.2) is 0 Å². The Morgan fingerprint density at radius 1 is 1.80 bits per heavy atom. The van der Waals surface area contributed by atoms with E-state index in [0.29, 0.717) is 0 Å². The largest absolute Gasteiger partial charge is 0.302 e. The van der Waals surface area contributed by atoms with Crippen LogP contribution in [0.2, 0.25) is 0 Å². The second-order valence-electron chi connectivity index (χ2n) is 2.55. The molecular formula is C8H14OS. The zero-order valence-electron chi connectivity index (χ0n) is 6.34. The van der Waals surface area contributed by atoms with Gasteiger partial charge in [-0.15, -0.1) is 6.58 Å². The van der Waals surface area contributed by atoms with Crippen LogP contribution < -0.4 is 0 Å². The molecule has 0 radical (unpaired) electrons. The molecule has 0 aromatic carbocycles. The summed E-state index contributed by atoms with van der Waals surface area (Å²) in [5.41, 5.74) is 1.17. The zero-order valence-corrected chi connectivity index (χ0v) is 7.23. The van der Waals surface area contributed by atoms with E-state index in [1.54, 1.807) is 0 Å². The van der Waals surface area contributed by atoms with Gasteiger partial charge in [0.1, 0.15) is 6.29 Å². The second kappa shape index (κ2) is 5.54. The van der Waals surface area contributed by atoms with Crippen LogP contribution in [-0.4, -0.2) is 11.5 Å². The van der Waals surface area contributed by atoms with Gasteiger partial charge in [0, 0.05) is 0 Å². The molecule has 0 aliphatic rings. The van der Waals surface area contributed by atoms with Crippen molar-refractivity contribution in [2.75, 3.05) is 0 Å². The fraction of sp³-hybridized carbons (Fsp3) is 0.625. The number of rotatable bonds is 5. The van der Waals surface area contributed by atoms with Crippen LogP contribution in [0, 0.1) is 0 Å². The molecule has 0 rings (SSSR count). The first-order chi connectivity index (χ1) is 4.66. The summed E-state index contributed by atoms with van der Waals surface area (Å²) in [6.07, 6.45) is 3.76. The Morgan fingerprint density at radius 3 is 2.80 bits per heavy atom. The lowest BCUT2D eigenvalue weighted by atomic mass is 10.1. The molecule has 58 valence electrons. The van der Waals surface area contributed by atoms with E-state index in [9.17, 15) is 4.79 Å². The fourth-order valence-electron chi connectivity index (χ4n) is 0.681. The summed E-state index contributed by atoms with van der Waals surface area (Å²) < 4.78 is 0. The minimum atomic E-state index is -0.0839. The molecule has 0 aromatic heterocycles. The van der Waals surface area contributed by atoms with Gasteiger partial charge >= 0.3 is 0 Å². The summed E-state index contributed by atoms with van der Waals surface area (Å²) in [6.45, 7) is 5.76. The molecule has 0 fully saturated rings. The molecule has 1 nitrogen and oxygen atoms in total. The zero-order chi connectivity index (χ0) is 7.98. The lowest BCUT2D eigenvalue weighted by Crippen LogP contribution is -1.98. The van der Waals surface area contributed by atoms with Gasteiger partial charge in [0.05, 0.1) is 5.25 Å². The van der Waals surface area contributed by atoms with Crippen LogP contribution in [0.4, 0.5) is 0 Å². The van der Waals surface area contributed by atoms with Crippen molar-refractivity contribution < 1.29 is 4.79 Å². The minimum Gasteiger partial charge on any atom is -0.302 e. The molecule has 0 bridgehead atoms. The molecular weight excluding hydrogens is 144 g/mol. The van der Waals surface area contributed by atoms with Crippen molar-refractivity contribution in [2.45, 2.75) is 31.4 Å². The van der Waals surface area contributed by atoms with Crippen LogP contribution in [-0.2, 0) is 4.79 Å². The highest BCUT2D eigenvalue weighted by atomic mass is 32.1. The van der Waals surface area contributed by atoms with Gasteiger partial charge in [0.15, 0.2) is 0 Å². The number of hydrogen-bond donors (Lipinski definition) is 1. The molecule has 0 spiro atoms. The van der Waals surface area contributed by atoms with Gasteiger partial charge in [-0.2, -0.15) is 12.6 Å². The number of carbonyl (C=O) groups excluding carboxylic acids is 1. The van der Waals surface area contributed by atoms with Gasteiger partial charge in [0.2, 0.25) is 0 Å². The molecule has 0 saturated heterocycles. The SMILES string of the molecule is C=C(C)CCCC(S)C=O. The summed E-state index contributed by atoms with van der Waals surface area (Å²) in [5, 5.41) is -0.0839. The Kier molecular flexibility index (Phi) is 5.40. The van der Waals surface area contributed by atoms with E-state index in [4.69, 9.17) is 0 Å². The first-order valence-electron chi connectivity index (χ1n) is 3.44. The molecule has 0 amide bonds. The van der Waals surface area contributed by atoms with E-state index in [-0.39, 0.29) is 5.25 Å². The number of carbonyl (C=O) groups is 1. The molecule has 1 atom stereocenters. The quantitative estimate of drug-likeness (QED) is 0.369. The van der Waals surface area contributed by atoms with Crippen LogP contribution >= 0.6 is 12.6 Å². The van der Waals surface area contributed by atoms with Crippen LogP contribution in [0.1, 0.15) is 26.2 Å². The third-order valence-electron chi connectivity index (χ3n) is 1.26. The van der Waals surface area contributed by atoms with E-state index in [2.05, 4.69) is 19.2 Å². The topological polar surface area (TPSA) is 17.1 Å². The van der Waals surface area contributed by atoms with Crippen molar-refractivity contribution in [3.63, 3.8) is 0 Å². The van der Waals surface area contributed by atoms with Crippen LogP contribution in [0.15, 0.2) is 12.2 Å². The highest BCUT2D eigenvalue weighted by Crippen LogP contribution is 2.08. The Morgan fingerprint density at radius 2 is 2.40 bits per heavy atom. The molecule has 1 unspecified atom stereocenters. The Bertz CT molecular complexity index is 120. The highest BCUT2D eigenvalue weighted by molar-refractivity contribution is 7.81. The number of thiol groups is 1. The average Bonchev–Trinajstić information content (AvgIpc) is 1.87.